The Bertz CT molecular complexity index is 592. The first-order chi connectivity index (χ1) is 9.18. The predicted octanol–water partition coefficient (Wildman–Crippen LogP) is 4.39. The van der Waals surface area contributed by atoms with E-state index < -0.39 is 13.3 Å². The molecule has 1 nitrogen and oxygen atoms in total. The molecule has 0 aliphatic heterocycles. The molecule has 0 atom stereocenters. The Hall–Kier alpha value is -0.438. The fraction of sp³-hybridized carbons (Fsp3) is 0.389. The Morgan fingerprint density at radius 3 is 2.19 bits per heavy atom. The third-order valence-corrected chi connectivity index (χ3v) is 7.83. The van der Waals surface area contributed by atoms with E-state index in [4.69, 9.17) is 0 Å². The van der Waals surface area contributed by atoms with Crippen molar-refractivity contribution >= 4 is 17.7 Å². The summed E-state index contributed by atoms with van der Waals surface area (Å²) >= 11 is -1.76. The van der Waals surface area contributed by atoms with Crippen LogP contribution in [0.25, 0.3) is 11.3 Å². The molecule has 3 heteroatoms. The van der Waals surface area contributed by atoms with Crippen LogP contribution in [0.3, 0.4) is 0 Å². The molecular weight excluding hydrogens is 495 g/mol. The second-order valence-corrected chi connectivity index (χ2v) is 18.1. The molecule has 2 aromatic rings. The van der Waals surface area contributed by atoms with E-state index >= 15 is 0 Å². The zero-order valence-corrected chi connectivity index (χ0v) is 18.2. The van der Waals surface area contributed by atoms with Crippen LogP contribution in [0, 0.1) is 6.07 Å². The van der Waals surface area contributed by atoms with Crippen molar-refractivity contribution < 1.29 is 20.1 Å². The van der Waals surface area contributed by atoms with Gasteiger partial charge in [-0.15, -0.1) is 0 Å². The number of benzene rings is 1. The maximum Gasteiger partial charge on any atom is 0 e. The monoisotopic (exact) mass is 521 g/mol. The van der Waals surface area contributed by atoms with E-state index in [0.29, 0.717) is 0 Å². The zero-order valence-electron chi connectivity index (χ0n) is 13.7. The van der Waals surface area contributed by atoms with Crippen LogP contribution in [0.15, 0.2) is 36.5 Å². The van der Waals surface area contributed by atoms with Crippen molar-refractivity contribution in [1.29, 1.82) is 0 Å². The van der Waals surface area contributed by atoms with E-state index in [2.05, 4.69) is 79.6 Å². The van der Waals surface area contributed by atoms with Gasteiger partial charge in [0, 0.05) is 20.1 Å². The van der Waals surface area contributed by atoms with Crippen molar-refractivity contribution in [3.63, 3.8) is 0 Å². The average molecular weight is 519 g/mol. The average Bonchev–Trinajstić information content (AvgIpc) is 2.37. The Morgan fingerprint density at radius 1 is 1.05 bits per heavy atom. The van der Waals surface area contributed by atoms with Crippen LogP contribution in [0.2, 0.25) is 17.3 Å². The van der Waals surface area contributed by atoms with Gasteiger partial charge in [0.2, 0.25) is 0 Å². The standard InChI is InChI=1S/C18H24GeN.Ir/c1-18(2,3)15-9-7-8-14(12-15)17-11-10-16(13-20-17)19(4,5)6;/h7,9-13H,1-6H3;/q-1;. The van der Waals surface area contributed by atoms with Crippen molar-refractivity contribution in [2.45, 2.75) is 43.5 Å². The van der Waals surface area contributed by atoms with Gasteiger partial charge in [-0.2, -0.15) is 0 Å². The molecule has 0 aliphatic rings. The van der Waals surface area contributed by atoms with Crippen LogP contribution >= 0.6 is 0 Å². The van der Waals surface area contributed by atoms with Gasteiger partial charge in [0.1, 0.15) is 0 Å². The molecule has 2 rings (SSSR count). The summed E-state index contributed by atoms with van der Waals surface area (Å²) in [6, 6.07) is 14.1. The minimum absolute atomic E-state index is 0. The van der Waals surface area contributed by atoms with Gasteiger partial charge in [-0.25, -0.2) is 0 Å². The van der Waals surface area contributed by atoms with Crippen molar-refractivity contribution in [2.24, 2.45) is 0 Å². The largest absolute Gasteiger partial charge is 0 e. The van der Waals surface area contributed by atoms with Gasteiger partial charge < -0.3 is 0 Å². The van der Waals surface area contributed by atoms with Gasteiger partial charge in [0.05, 0.1) is 0 Å². The number of hydrogen-bond acceptors (Lipinski definition) is 1. The van der Waals surface area contributed by atoms with Crippen molar-refractivity contribution in [3.8, 4) is 11.3 Å². The van der Waals surface area contributed by atoms with Crippen LogP contribution < -0.4 is 4.40 Å². The van der Waals surface area contributed by atoms with Gasteiger partial charge in [-0.3, -0.25) is 0 Å². The first-order valence-electron chi connectivity index (χ1n) is 7.17. The van der Waals surface area contributed by atoms with Crippen molar-refractivity contribution in [1.82, 2.24) is 4.98 Å². The van der Waals surface area contributed by atoms with Crippen LogP contribution in [0.5, 0.6) is 0 Å². The molecule has 0 fully saturated rings. The van der Waals surface area contributed by atoms with E-state index in [0.717, 1.165) is 11.3 Å². The minimum atomic E-state index is -1.76. The molecule has 0 saturated heterocycles. The second-order valence-electron chi connectivity index (χ2n) is 7.42. The molecule has 0 aliphatic carbocycles. The molecule has 0 N–H and O–H groups in total. The summed E-state index contributed by atoms with van der Waals surface area (Å²) in [5.41, 5.74) is 3.59. The van der Waals surface area contributed by atoms with Crippen molar-refractivity contribution in [2.75, 3.05) is 0 Å². The summed E-state index contributed by atoms with van der Waals surface area (Å²) in [6.07, 6.45) is 2.06. The summed E-state index contributed by atoms with van der Waals surface area (Å²) in [6.45, 7) is 6.70. The Labute approximate surface area is 145 Å². The third kappa shape index (κ3) is 4.77. The smallest absolute Gasteiger partial charge is 0 e. The van der Waals surface area contributed by atoms with E-state index in [1.165, 1.54) is 9.96 Å². The Kier molecular flexibility index (Phi) is 6.00. The molecule has 1 heterocycles. The number of nitrogens with zero attached hydrogens (tertiary/aromatic N) is 1. The van der Waals surface area contributed by atoms with Crippen LogP contribution in [0.1, 0.15) is 26.3 Å². The fourth-order valence-corrected chi connectivity index (χ4v) is 4.25. The number of pyridine rings is 1. The number of aromatic nitrogens is 1. The summed E-state index contributed by atoms with van der Waals surface area (Å²) in [5.74, 6) is 7.18. The van der Waals surface area contributed by atoms with E-state index in [-0.39, 0.29) is 25.5 Å². The van der Waals surface area contributed by atoms with E-state index in [9.17, 15) is 0 Å². The van der Waals surface area contributed by atoms with Gasteiger partial charge in [-0.1, -0.05) is 0 Å². The van der Waals surface area contributed by atoms with Crippen LogP contribution in [0.4, 0.5) is 0 Å². The first-order valence-corrected chi connectivity index (χ1v) is 14.5. The zero-order chi connectivity index (χ0) is 15.0. The molecule has 1 aromatic carbocycles. The molecule has 0 saturated carbocycles. The molecule has 21 heavy (non-hydrogen) atoms. The number of hydrogen-bond donors (Lipinski definition) is 0. The summed E-state index contributed by atoms with van der Waals surface area (Å²) in [7, 11) is 0. The third-order valence-electron chi connectivity index (χ3n) is 3.57. The molecular formula is C18H24GeIrN-. The SMILES string of the molecule is CC(C)(C)c1cc[c-]c(-c2cc[c]([Ge]([CH3])([CH3])[CH3])cn2)c1.[Ir]. The molecule has 1 aromatic heterocycles. The maximum absolute atomic E-state index is 4.65. The Balaban J connectivity index is 0.00000220. The van der Waals surface area contributed by atoms with Crippen molar-refractivity contribution in [3.05, 3.63) is 48.2 Å². The Morgan fingerprint density at radius 2 is 1.71 bits per heavy atom. The predicted molar refractivity (Wildman–Crippen MR) is 90.2 cm³/mol. The van der Waals surface area contributed by atoms with Crippen LogP contribution in [-0.4, -0.2) is 18.3 Å². The summed E-state index contributed by atoms with van der Waals surface area (Å²) < 4.78 is 1.45. The number of rotatable bonds is 2. The fourth-order valence-electron chi connectivity index (χ4n) is 2.08. The molecule has 0 spiro atoms. The molecule has 115 valence electrons. The van der Waals surface area contributed by atoms with Gasteiger partial charge in [-0.05, 0) is 0 Å². The molecule has 0 unspecified atom stereocenters. The topological polar surface area (TPSA) is 12.9 Å². The van der Waals surface area contributed by atoms with Gasteiger partial charge in [0.25, 0.3) is 0 Å². The summed E-state index contributed by atoms with van der Waals surface area (Å²) in [4.78, 5) is 4.65. The molecule has 0 amide bonds. The summed E-state index contributed by atoms with van der Waals surface area (Å²) in [5, 5.41) is 0. The van der Waals surface area contributed by atoms with E-state index in [1.807, 2.05) is 6.07 Å². The van der Waals surface area contributed by atoms with E-state index in [1.54, 1.807) is 0 Å². The molecule has 0 bridgehead atoms. The van der Waals surface area contributed by atoms with Gasteiger partial charge >= 0.3 is 126 Å². The minimum Gasteiger partial charge on any atom is 0 e. The maximum atomic E-state index is 4.65. The van der Waals surface area contributed by atoms with Gasteiger partial charge in [0.15, 0.2) is 0 Å². The normalized spacial score (nSPS) is 11.9. The van der Waals surface area contributed by atoms with Crippen LogP contribution in [-0.2, 0) is 25.5 Å². The quantitative estimate of drug-likeness (QED) is 0.424. The second kappa shape index (κ2) is 6.77. The first kappa shape index (κ1) is 18.6. The molecule has 1 radical (unpaired) electrons.